The number of nitrogens with one attached hydrogen (secondary N) is 1. The molecule has 2 aliphatic rings. The second kappa shape index (κ2) is 7.28. The number of para-hydroxylation sites is 1. The maximum Gasteiger partial charge on any atom is 0.0366 e. The van der Waals surface area contributed by atoms with Crippen molar-refractivity contribution >= 4 is 5.69 Å². The van der Waals surface area contributed by atoms with Crippen LogP contribution in [0.15, 0.2) is 30.3 Å². The first kappa shape index (κ1) is 14.9. The minimum Gasteiger partial charge on any atom is -0.371 e. The molecular weight excluding hydrogens is 258 g/mol. The SMILES string of the molecule is CN(CC1CCNCC1)C1CCN(c2ccccc2)CC1. The zero-order valence-electron chi connectivity index (χ0n) is 13.3. The van der Waals surface area contributed by atoms with Crippen molar-refractivity contribution in [3.63, 3.8) is 0 Å². The van der Waals surface area contributed by atoms with Gasteiger partial charge in [-0.05, 0) is 63.9 Å². The van der Waals surface area contributed by atoms with Gasteiger partial charge in [-0.2, -0.15) is 0 Å². The number of hydrogen-bond acceptors (Lipinski definition) is 3. The number of piperidine rings is 2. The summed E-state index contributed by atoms with van der Waals surface area (Å²) in [5.74, 6) is 0.906. The molecule has 1 N–H and O–H groups in total. The van der Waals surface area contributed by atoms with E-state index in [1.807, 2.05) is 0 Å². The zero-order valence-corrected chi connectivity index (χ0v) is 13.3. The Morgan fingerprint density at radius 2 is 1.71 bits per heavy atom. The second-order valence-electron chi connectivity index (χ2n) is 6.69. The summed E-state index contributed by atoms with van der Waals surface area (Å²) in [6.45, 7) is 6.12. The molecular formula is C18H29N3. The third kappa shape index (κ3) is 3.98. The molecule has 1 aromatic carbocycles. The summed E-state index contributed by atoms with van der Waals surface area (Å²) in [5.41, 5.74) is 1.39. The van der Waals surface area contributed by atoms with Gasteiger partial charge in [-0.3, -0.25) is 0 Å². The third-order valence-corrected chi connectivity index (χ3v) is 5.21. The molecule has 0 aliphatic carbocycles. The van der Waals surface area contributed by atoms with Gasteiger partial charge in [-0.25, -0.2) is 0 Å². The highest BCUT2D eigenvalue weighted by atomic mass is 15.2. The third-order valence-electron chi connectivity index (χ3n) is 5.21. The molecule has 0 saturated carbocycles. The first-order valence-electron chi connectivity index (χ1n) is 8.54. The normalized spacial score (nSPS) is 21.9. The Bertz CT molecular complexity index is 406. The van der Waals surface area contributed by atoms with Crippen molar-refractivity contribution in [2.75, 3.05) is 44.7 Å². The number of hydrogen-bond donors (Lipinski definition) is 1. The fraction of sp³-hybridized carbons (Fsp3) is 0.667. The Kier molecular flexibility index (Phi) is 5.15. The molecule has 2 aliphatic heterocycles. The maximum absolute atomic E-state index is 3.47. The Morgan fingerprint density at radius 3 is 2.38 bits per heavy atom. The lowest BCUT2D eigenvalue weighted by molar-refractivity contribution is 0.164. The molecule has 2 fully saturated rings. The van der Waals surface area contributed by atoms with Crippen molar-refractivity contribution in [1.82, 2.24) is 10.2 Å². The van der Waals surface area contributed by atoms with Crippen LogP contribution >= 0.6 is 0 Å². The van der Waals surface area contributed by atoms with E-state index in [2.05, 4.69) is 52.5 Å². The molecule has 116 valence electrons. The Hall–Kier alpha value is -1.06. The highest BCUT2D eigenvalue weighted by Crippen LogP contribution is 2.23. The van der Waals surface area contributed by atoms with Crippen LogP contribution in [0.5, 0.6) is 0 Å². The van der Waals surface area contributed by atoms with Crippen LogP contribution in [0.3, 0.4) is 0 Å². The van der Waals surface area contributed by atoms with E-state index in [1.54, 1.807) is 0 Å². The van der Waals surface area contributed by atoms with Crippen LogP contribution in [0, 0.1) is 5.92 Å². The predicted octanol–water partition coefficient (Wildman–Crippen LogP) is 2.59. The topological polar surface area (TPSA) is 18.5 Å². The molecule has 0 amide bonds. The number of rotatable bonds is 4. The lowest BCUT2D eigenvalue weighted by atomic mass is 9.95. The minimum absolute atomic E-state index is 0.778. The fourth-order valence-corrected chi connectivity index (χ4v) is 3.82. The molecule has 0 aromatic heterocycles. The van der Waals surface area contributed by atoms with Gasteiger partial charge in [0.1, 0.15) is 0 Å². The quantitative estimate of drug-likeness (QED) is 0.918. The molecule has 2 saturated heterocycles. The Labute approximate surface area is 129 Å². The first-order valence-corrected chi connectivity index (χ1v) is 8.54. The Morgan fingerprint density at radius 1 is 1.05 bits per heavy atom. The largest absolute Gasteiger partial charge is 0.371 e. The monoisotopic (exact) mass is 287 g/mol. The van der Waals surface area contributed by atoms with Crippen LogP contribution in [0.2, 0.25) is 0 Å². The molecule has 1 aromatic rings. The van der Waals surface area contributed by atoms with E-state index >= 15 is 0 Å². The van der Waals surface area contributed by atoms with Crippen LogP contribution in [0.25, 0.3) is 0 Å². The van der Waals surface area contributed by atoms with Crippen molar-refractivity contribution in [3.8, 4) is 0 Å². The minimum atomic E-state index is 0.778. The molecule has 3 rings (SSSR count). The van der Waals surface area contributed by atoms with Gasteiger partial charge >= 0.3 is 0 Å². The average Bonchev–Trinajstić information content (AvgIpc) is 2.57. The van der Waals surface area contributed by atoms with E-state index in [0.717, 1.165) is 12.0 Å². The van der Waals surface area contributed by atoms with E-state index in [0.29, 0.717) is 0 Å². The van der Waals surface area contributed by atoms with E-state index in [9.17, 15) is 0 Å². The molecule has 0 bridgehead atoms. The second-order valence-corrected chi connectivity index (χ2v) is 6.69. The summed E-state index contributed by atoms with van der Waals surface area (Å²) in [5, 5.41) is 3.47. The van der Waals surface area contributed by atoms with Gasteiger partial charge in [-0.15, -0.1) is 0 Å². The number of nitrogens with zero attached hydrogens (tertiary/aromatic N) is 2. The summed E-state index contributed by atoms with van der Waals surface area (Å²) >= 11 is 0. The molecule has 21 heavy (non-hydrogen) atoms. The highest BCUT2D eigenvalue weighted by Gasteiger charge is 2.24. The summed E-state index contributed by atoms with van der Waals surface area (Å²) in [4.78, 5) is 5.17. The van der Waals surface area contributed by atoms with Crippen LogP contribution in [-0.2, 0) is 0 Å². The van der Waals surface area contributed by atoms with Crippen LogP contribution in [0.4, 0.5) is 5.69 Å². The summed E-state index contributed by atoms with van der Waals surface area (Å²) in [6, 6.07) is 11.6. The lowest BCUT2D eigenvalue weighted by Crippen LogP contribution is -2.45. The smallest absolute Gasteiger partial charge is 0.0366 e. The van der Waals surface area contributed by atoms with Gasteiger partial charge in [0.05, 0.1) is 0 Å². The molecule has 0 radical (unpaired) electrons. The predicted molar refractivity (Wildman–Crippen MR) is 89.9 cm³/mol. The van der Waals surface area contributed by atoms with Crippen molar-refractivity contribution in [2.24, 2.45) is 5.92 Å². The fourth-order valence-electron chi connectivity index (χ4n) is 3.82. The molecule has 0 unspecified atom stereocenters. The van der Waals surface area contributed by atoms with Crippen molar-refractivity contribution < 1.29 is 0 Å². The van der Waals surface area contributed by atoms with E-state index in [1.165, 1.54) is 64.1 Å². The van der Waals surface area contributed by atoms with Gasteiger partial charge in [-0.1, -0.05) is 18.2 Å². The van der Waals surface area contributed by atoms with Crippen LogP contribution in [-0.4, -0.2) is 50.7 Å². The Balaban J connectivity index is 1.46. The highest BCUT2D eigenvalue weighted by molar-refractivity contribution is 5.46. The van der Waals surface area contributed by atoms with E-state index < -0.39 is 0 Å². The summed E-state index contributed by atoms with van der Waals surface area (Å²) < 4.78 is 0. The lowest BCUT2D eigenvalue weighted by Gasteiger charge is -2.39. The van der Waals surface area contributed by atoms with Gasteiger partial charge < -0.3 is 15.1 Å². The standard InChI is InChI=1S/C18H29N3/c1-20(15-16-7-11-19-12-8-16)17-9-13-21(14-10-17)18-5-3-2-4-6-18/h2-6,16-17,19H,7-15H2,1H3. The zero-order chi connectivity index (χ0) is 14.5. The van der Waals surface area contributed by atoms with Crippen molar-refractivity contribution in [1.29, 1.82) is 0 Å². The number of anilines is 1. The maximum atomic E-state index is 3.47. The summed E-state index contributed by atoms with van der Waals surface area (Å²) in [6.07, 6.45) is 5.31. The number of benzene rings is 1. The first-order chi connectivity index (χ1) is 10.3. The molecule has 0 atom stereocenters. The molecule has 2 heterocycles. The van der Waals surface area contributed by atoms with Crippen molar-refractivity contribution in [2.45, 2.75) is 31.7 Å². The van der Waals surface area contributed by atoms with Crippen molar-refractivity contribution in [3.05, 3.63) is 30.3 Å². The van der Waals surface area contributed by atoms with E-state index in [-0.39, 0.29) is 0 Å². The van der Waals surface area contributed by atoms with Gasteiger partial charge in [0.25, 0.3) is 0 Å². The van der Waals surface area contributed by atoms with Crippen LogP contribution < -0.4 is 10.2 Å². The van der Waals surface area contributed by atoms with E-state index in [4.69, 9.17) is 0 Å². The van der Waals surface area contributed by atoms with Gasteiger partial charge in [0.2, 0.25) is 0 Å². The average molecular weight is 287 g/mol. The van der Waals surface area contributed by atoms with Gasteiger partial charge in [0, 0.05) is 31.4 Å². The molecule has 3 heteroatoms. The molecule has 0 spiro atoms. The molecule has 3 nitrogen and oxygen atoms in total. The summed E-state index contributed by atoms with van der Waals surface area (Å²) in [7, 11) is 2.34. The van der Waals surface area contributed by atoms with Gasteiger partial charge in [0.15, 0.2) is 0 Å². The van der Waals surface area contributed by atoms with Crippen LogP contribution in [0.1, 0.15) is 25.7 Å².